The topological polar surface area (TPSA) is 43.3 Å². The van der Waals surface area contributed by atoms with Gasteiger partial charge in [0.25, 0.3) is 0 Å². The molecule has 0 bridgehead atoms. The zero-order valence-electron chi connectivity index (χ0n) is 15.0. The molecule has 26 heavy (non-hydrogen) atoms. The number of pyridine rings is 1. The van der Waals surface area contributed by atoms with Crippen LogP contribution in [0.2, 0.25) is 0 Å². The van der Waals surface area contributed by atoms with Gasteiger partial charge in [-0.25, -0.2) is 4.98 Å². The maximum Gasteiger partial charge on any atom is 0.140 e. The number of benzene rings is 2. The molecule has 0 aliphatic heterocycles. The molecule has 2 aromatic heterocycles. The standard InChI is InChI=1S/C23H23N3/c1-17-7-6-16-26-21(10-5-15-24)22(25-23(17)26)20-13-11-19(12-14-20)18-8-3-2-4-9-18/h2-4,6-9,11-14,16H,5,10,15,24H2,1H3. The van der Waals surface area contributed by atoms with E-state index in [0.29, 0.717) is 6.54 Å². The molecule has 2 N–H and O–H groups in total. The van der Waals surface area contributed by atoms with Crippen LogP contribution in [0.5, 0.6) is 0 Å². The Kier molecular flexibility index (Phi) is 4.55. The third-order valence-electron chi connectivity index (χ3n) is 4.83. The smallest absolute Gasteiger partial charge is 0.140 e. The summed E-state index contributed by atoms with van der Waals surface area (Å²) in [6.45, 7) is 2.79. The van der Waals surface area contributed by atoms with Crippen molar-refractivity contribution in [3.63, 3.8) is 0 Å². The van der Waals surface area contributed by atoms with Gasteiger partial charge in [-0.1, -0.05) is 60.7 Å². The van der Waals surface area contributed by atoms with E-state index < -0.39 is 0 Å². The van der Waals surface area contributed by atoms with Crippen LogP contribution in [0, 0.1) is 6.92 Å². The number of aryl methyl sites for hydroxylation is 2. The second kappa shape index (κ2) is 7.14. The quantitative estimate of drug-likeness (QED) is 0.563. The number of nitrogens with two attached hydrogens (primary N) is 1. The van der Waals surface area contributed by atoms with Gasteiger partial charge in [0.15, 0.2) is 0 Å². The molecule has 0 saturated heterocycles. The Morgan fingerprint density at radius 1 is 0.846 bits per heavy atom. The van der Waals surface area contributed by atoms with Crippen LogP contribution >= 0.6 is 0 Å². The second-order valence-corrected chi connectivity index (χ2v) is 6.63. The van der Waals surface area contributed by atoms with Crippen molar-refractivity contribution in [3.8, 4) is 22.4 Å². The Morgan fingerprint density at radius 3 is 2.27 bits per heavy atom. The van der Waals surface area contributed by atoms with Gasteiger partial charge in [0.05, 0.1) is 11.4 Å². The van der Waals surface area contributed by atoms with Crippen molar-refractivity contribution < 1.29 is 0 Å². The molecule has 0 spiro atoms. The van der Waals surface area contributed by atoms with Crippen LogP contribution in [0.15, 0.2) is 72.9 Å². The summed E-state index contributed by atoms with van der Waals surface area (Å²) in [4.78, 5) is 4.96. The predicted octanol–water partition coefficient (Wildman–Crippen LogP) is 4.87. The van der Waals surface area contributed by atoms with E-state index in [1.165, 1.54) is 22.4 Å². The highest BCUT2D eigenvalue weighted by Crippen LogP contribution is 2.29. The summed E-state index contributed by atoms with van der Waals surface area (Å²) >= 11 is 0. The Balaban J connectivity index is 1.79. The summed E-state index contributed by atoms with van der Waals surface area (Å²) in [6.07, 6.45) is 3.98. The van der Waals surface area contributed by atoms with E-state index in [1.54, 1.807) is 0 Å². The van der Waals surface area contributed by atoms with Crippen LogP contribution in [0.1, 0.15) is 17.7 Å². The van der Waals surface area contributed by atoms with Gasteiger partial charge in [-0.05, 0) is 49.1 Å². The molecule has 2 heterocycles. The first-order valence-corrected chi connectivity index (χ1v) is 9.10. The number of fused-ring (bicyclic) bond motifs is 1. The van der Waals surface area contributed by atoms with Crippen molar-refractivity contribution >= 4 is 5.65 Å². The summed E-state index contributed by atoms with van der Waals surface area (Å²) in [5.41, 5.74) is 13.9. The lowest BCUT2D eigenvalue weighted by Gasteiger charge is -2.06. The van der Waals surface area contributed by atoms with E-state index >= 15 is 0 Å². The normalized spacial score (nSPS) is 11.2. The molecular weight excluding hydrogens is 318 g/mol. The minimum Gasteiger partial charge on any atom is -0.330 e. The molecule has 0 radical (unpaired) electrons. The maximum atomic E-state index is 5.76. The number of hydrogen-bond acceptors (Lipinski definition) is 2. The summed E-state index contributed by atoms with van der Waals surface area (Å²) in [7, 11) is 0. The SMILES string of the molecule is Cc1cccn2c(CCCN)c(-c3ccc(-c4ccccc4)cc3)nc12. The number of rotatable bonds is 5. The highest BCUT2D eigenvalue weighted by Gasteiger charge is 2.14. The summed E-state index contributed by atoms with van der Waals surface area (Å²) in [5, 5.41) is 0. The van der Waals surface area contributed by atoms with E-state index in [4.69, 9.17) is 10.7 Å². The number of imidazole rings is 1. The van der Waals surface area contributed by atoms with Gasteiger partial charge in [0, 0.05) is 11.8 Å². The van der Waals surface area contributed by atoms with E-state index in [0.717, 1.165) is 29.7 Å². The van der Waals surface area contributed by atoms with Gasteiger partial charge in [-0.2, -0.15) is 0 Å². The minimum absolute atomic E-state index is 0.686. The molecule has 0 aliphatic rings. The lowest BCUT2D eigenvalue weighted by atomic mass is 10.0. The number of hydrogen-bond donors (Lipinski definition) is 1. The molecule has 4 aromatic rings. The van der Waals surface area contributed by atoms with Crippen molar-refractivity contribution in [2.75, 3.05) is 6.54 Å². The Hall–Kier alpha value is -2.91. The molecule has 130 valence electrons. The van der Waals surface area contributed by atoms with Gasteiger partial charge < -0.3 is 10.1 Å². The molecule has 0 amide bonds. The van der Waals surface area contributed by atoms with Crippen molar-refractivity contribution in [2.45, 2.75) is 19.8 Å². The molecule has 0 saturated carbocycles. The van der Waals surface area contributed by atoms with Crippen LogP contribution in [-0.2, 0) is 6.42 Å². The molecular formula is C23H23N3. The average molecular weight is 341 g/mol. The van der Waals surface area contributed by atoms with E-state index in [9.17, 15) is 0 Å². The molecule has 0 atom stereocenters. The highest BCUT2D eigenvalue weighted by molar-refractivity contribution is 5.72. The zero-order chi connectivity index (χ0) is 17.9. The van der Waals surface area contributed by atoms with Crippen LogP contribution in [0.3, 0.4) is 0 Å². The predicted molar refractivity (Wildman–Crippen MR) is 108 cm³/mol. The van der Waals surface area contributed by atoms with Crippen LogP contribution in [0.25, 0.3) is 28.0 Å². The van der Waals surface area contributed by atoms with Crippen molar-refractivity contribution in [1.82, 2.24) is 9.38 Å². The third-order valence-corrected chi connectivity index (χ3v) is 4.83. The van der Waals surface area contributed by atoms with E-state index in [2.05, 4.69) is 78.2 Å². The van der Waals surface area contributed by atoms with E-state index in [1.807, 2.05) is 6.07 Å². The van der Waals surface area contributed by atoms with Gasteiger partial charge in [0.2, 0.25) is 0 Å². The molecule has 4 rings (SSSR count). The fourth-order valence-corrected chi connectivity index (χ4v) is 3.44. The van der Waals surface area contributed by atoms with Crippen molar-refractivity contribution in [1.29, 1.82) is 0 Å². The van der Waals surface area contributed by atoms with Gasteiger partial charge in [-0.15, -0.1) is 0 Å². The van der Waals surface area contributed by atoms with E-state index in [-0.39, 0.29) is 0 Å². The summed E-state index contributed by atoms with van der Waals surface area (Å²) in [5.74, 6) is 0. The first-order chi connectivity index (χ1) is 12.8. The zero-order valence-corrected chi connectivity index (χ0v) is 15.0. The second-order valence-electron chi connectivity index (χ2n) is 6.63. The monoisotopic (exact) mass is 341 g/mol. The fraction of sp³-hybridized carbons (Fsp3) is 0.174. The van der Waals surface area contributed by atoms with Crippen LogP contribution in [-0.4, -0.2) is 15.9 Å². The Morgan fingerprint density at radius 2 is 1.54 bits per heavy atom. The largest absolute Gasteiger partial charge is 0.330 e. The molecule has 3 nitrogen and oxygen atoms in total. The summed E-state index contributed by atoms with van der Waals surface area (Å²) < 4.78 is 2.21. The Labute approximate surface area is 154 Å². The average Bonchev–Trinajstić information content (AvgIpc) is 3.07. The van der Waals surface area contributed by atoms with Crippen LogP contribution < -0.4 is 5.73 Å². The summed E-state index contributed by atoms with van der Waals surface area (Å²) in [6, 6.07) is 23.3. The van der Waals surface area contributed by atoms with Gasteiger partial charge >= 0.3 is 0 Å². The lowest BCUT2D eigenvalue weighted by Crippen LogP contribution is -2.03. The number of nitrogens with zero attached hydrogens (tertiary/aromatic N) is 2. The Bertz CT molecular complexity index is 1010. The van der Waals surface area contributed by atoms with Gasteiger partial charge in [-0.3, -0.25) is 0 Å². The molecule has 0 aliphatic carbocycles. The lowest BCUT2D eigenvalue weighted by molar-refractivity contribution is 0.803. The molecule has 3 heteroatoms. The molecule has 0 fully saturated rings. The third kappa shape index (κ3) is 3.02. The van der Waals surface area contributed by atoms with Crippen molar-refractivity contribution in [3.05, 3.63) is 84.2 Å². The molecule has 2 aromatic carbocycles. The van der Waals surface area contributed by atoms with Gasteiger partial charge in [0.1, 0.15) is 5.65 Å². The highest BCUT2D eigenvalue weighted by atomic mass is 15.0. The first kappa shape index (κ1) is 16.6. The number of aromatic nitrogens is 2. The maximum absolute atomic E-state index is 5.76. The van der Waals surface area contributed by atoms with Crippen LogP contribution in [0.4, 0.5) is 0 Å². The van der Waals surface area contributed by atoms with Crippen molar-refractivity contribution in [2.24, 2.45) is 5.73 Å². The minimum atomic E-state index is 0.686. The first-order valence-electron chi connectivity index (χ1n) is 9.10. The fourth-order valence-electron chi connectivity index (χ4n) is 3.44. The molecule has 0 unspecified atom stereocenters.